The van der Waals surface area contributed by atoms with Crippen molar-refractivity contribution in [1.82, 2.24) is 9.62 Å². The molecule has 1 amide bonds. The summed E-state index contributed by atoms with van der Waals surface area (Å²) in [5.41, 5.74) is 0. The largest absolute Gasteiger partial charge is 0.381 e. The molecule has 1 aromatic rings. The van der Waals surface area contributed by atoms with Gasteiger partial charge in [-0.05, 0) is 36.6 Å². The fourth-order valence-electron chi connectivity index (χ4n) is 2.76. The van der Waals surface area contributed by atoms with Crippen LogP contribution in [0.1, 0.15) is 33.1 Å². The highest BCUT2D eigenvalue weighted by molar-refractivity contribution is 7.91. The van der Waals surface area contributed by atoms with Gasteiger partial charge in [0.25, 0.3) is 10.0 Å². The second-order valence-corrected chi connectivity index (χ2v) is 9.86. The summed E-state index contributed by atoms with van der Waals surface area (Å²) in [6.45, 7) is 6.85. The first-order valence-electron chi connectivity index (χ1n) is 8.80. The second kappa shape index (κ2) is 9.66. The number of sulfonamides is 1. The standard InChI is InChI=1S/C17H28N2O4S2/c1-14(2)13-23-10-5-8-18-17(20)15-6-3-9-19(12-15)25(21,22)16-7-4-11-24-16/h4,7,11,14-15H,3,5-6,8-10,12-13H2,1-2H3,(H,18,20). The van der Waals surface area contributed by atoms with Crippen LogP contribution in [0.5, 0.6) is 0 Å². The molecular formula is C17H28N2O4S2. The number of carbonyl (C=O) groups excluding carboxylic acids is 1. The van der Waals surface area contributed by atoms with Gasteiger partial charge in [0.05, 0.1) is 5.92 Å². The molecule has 2 heterocycles. The number of carbonyl (C=O) groups is 1. The lowest BCUT2D eigenvalue weighted by Crippen LogP contribution is -2.45. The van der Waals surface area contributed by atoms with Crippen molar-refractivity contribution in [2.24, 2.45) is 11.8 Å². The van der Waals surface area contributed by atoms with Crippen LogP contribution in [0.15, 0.2) is 21.7 Å². The molecule has 0 spiro atoms. The van der Waals surface area contributed by atoms with Crippen molar-refractivity contribution in [2.45, 2.75) is 37.3 Å². The average Bonchev–Trinajstić information content (AvgIpc) is 3.13. The predicted molar refractivity (Wildman–Crippen MR) is 99.1 cm³/mol. The fourth-order valence-corrected chi connectivity index (χ4v) is 5.43. The first-order chi connectivity index (χ1) is 11.9. The highest BCUT2D eigenvalue weighted by Crippen LogP contribution is 2.26. The Labute approximate surface area is 154 Å². The fraction of sp³-hybridized carbons (Fsp3) is 0.706. The maximum Gasteiger partial charge on any atom is 0.252 e. The van der Waals surface area contributed by atoms with E-state index in [-0.39, 0.29) is 18.4 Å². The molecule has 1 saturated heterocycles. The highest BCUT2D eigenvalue weighted by Gasteiger charge is 2.33. The molecule has 142 valence electrons. The van der Waals surface area contributed by atoms with E-state index < -0.39 is 10.0 Å². The summed E-state index contributed by atoms with van der Waals surface area (Å²) in [6, 6.07) is 3.34. The van der Waals surface area contributed by atoms with Gasteiger partial charge in [-0.1, -0.05) is 19.9 Å². The summed E-state index contributed by atoms with van der Waals surface area (Å²) in [4.78, 5) is 12.3. The van der Waals surface area contributed by atoms with Crippen molar-refractivity contribution in [1.29, 1.82) is 0 Å². The summed E-state index contributed by atoms with van der Waals surface area (Å²) >= 11 is 1.21. The third kappa shape index (κ3) is 6.06. The van der Waals surface area contributed by atoms with Crippen LogP contribution in [0.4, 0.5) is 0 Å². The molecule has 1 aliphatic heterocycles. The molecule has 1 N–H and O–H groups in total. The Balaban J connectivity index is 1.77. The summed E-state index contributed by atoms with van der Waals surface area (Å²) in [6.07, 6.45) is 2.20. The van der Waals surface area contributed by atoms with E-state index in [9.17, 15) is 13.2 Å². The van der Waals surface area contributed by atoms with E-state index in [0.29, 0.717) is 36.2 Å². The van der Waals surface area contributed by atoms with Crippen molar-refractivity contribution < 1.29 is 17.9 Å². The normalized spacial score (nSPS) is 19.2. The van der Waals surface area contributed by atoms with Crippen molar-refractivity contribution in [3.63, 3.8) is 0 Å². The van der Waals surface area contributed by atoms with E-state index in [4.69, 9.17) is 4.74 Å². The maximum absolute atomic E-state index is 12.6. The average molecular weight is 389 g/mol. The number of nitrogens with zero attached hydrogens (tertiary/aromatic N) is 1. The molecule has 1 unspecified atom stereocenters. The minimum atomic E-state index is -3.47. The quantitative estimate of drug-likeness (QED) is 0.659. The minimum Gasteiger partial charge on any atom is -0.381 e. The van der Waals surface area contributed by atoms with Crippen LogP contribution < -0.4 is 5.32 Å². The van der Waals surface area contributed by atoms with Gasteiger partial charge in [-0.25, -0.2) is 8.42 Å². The monoisotopic (exact) mass is 388 g/mol. The molecule has 8 heteroatoms. The van der Waals surface area contributed by atoms with E-state index in [2.05, 4.69) is 19.2 Å². The Kier molecular flexibility index (Phi) is 7.86. The first-order valence-corrected chi connectivity index (χ1v) is 11.1. The van der Waals surface area contributed by atoms with E-state index in [1.165, 1.54) is 15.6 Å². The third-order valence-corrected chi connectivity index (χ3v) is 7.30. The molecule has 1 fully saturated rings. The van der Waals surface area contributed by atoms with Crippen molar-refractivity contribution in [3.05, 3.63) is 17.5 Å². The Bertz CT molecular complexity index is 629. The van der Waals surface area contributed by atoms with Gasteiger partial charge < -0.3 is 10.1 Å². The van der Waals surface area contributed by atoms with Crippen LogP contribution in [0.3, 0.4) is 0 Å². The molecule has 1 aromatic heterocycles. The van der Waals surface area contributed by atoms with Crippen molar-refractivity contribution >= 4 is 27.3 Å². The Morgan fingerprint density at radius 2 is 2.28 bits per heavy atom. The Morgan fingerprint density at radius 3 is 2.96 bits per heavy atom. The molecule has 1 atom stereocenters. The molecule has 0 bridgehead atoms. The van der Waals surface area contributed by atoms with E-state index >= 15 is 0 Å². The molecule has 0 saturated carbocycles. The minimum absolute atomic E-state index is 0.0602. The number of ether oxygens (including phenoxy) is 1. The van der Waals surface area contributed by atoms with Crippen LogP contribution in [0.25, 0.3) is 0 Å². The zero-order valence-corrected chi connectivity index (χ0v) is 16.6. The van der Waals surface area contributed by atoms with E-state index in [0.717, 1.165) is 19.4 Å². The first kappa shape index (κ1) is 20.4. The lowest BCUT2D eigenvalue weighted by molar-refractivity contribution is -0.126. The molecule has 0 aliphatic carbocycles. The number of hydrogen-bond donors (Lipinski definition) is 1. The number of thiophene rings is 1. The zero-order chi connectivity index (χ0) is 18.3. The third-order valence-electron chi connectivity index (χ3n) is 4.06. The van der Waals surface area contributed by atoms with Crippen LogP contribution in [-0.4, -0.2) is 51.5 Å². The summed E-state index contributed by atoms with van der Waals surface area (Å²) < 4.78 is 32.5. The summed E-state index contributed by atoms with van der Waals surface area (Å²) in [7, 11) is -3.47. The molecule has 1 aliphatic rings. The van der Waals surface area contributed by atoms with Gasteiger partial charge in [0.15, 0.2) is 0 Å². The van der Waals surface area contributed by atoms with E-state index in [1.54, 1.807) is 17.5 Å². The molecule has 0 radical (unpaired) electrons. The highest BCUT2D eigenvalue weighted by atomic mass is 32.2. The van der Waals surface area contributed by atoms with Crippen molar-refractivity contribution in [3.8, 4) is 0 Å². The molecule has 2 rings (SSSR count). The molecule has 6 nitrogen and oxygen atoms in total. The second-order valence-electron chi connectivity index (χ2n) is 6.75. The predicted octanol–water partition coefficient (Wildman–Crippen LogP) is 2.33. The van der Waals surface area contributed by atoms with Gasteiger partial charge in [0.2, 0.25) is 5.91 Å². The summed E-state index contributed by atoms with van der Waals surface area (Å²) in [5.74, 6) is 0.170. The van der Waals surface area contributed by atoms with Crippen LogP contribution in [0, 0.1) is 11.8 Å². The SMILES string of the molecule is CC(C)COCCCNC(=O)C1CCCN(S(=O)(=O)c2cccs2)C1. The van der Waals surface area contributed by atoms with Gasteiger partial charge in [-0.15, -0.1) is 11.3 Å². The Hall–Kier alpha value is -0.960. The maximum atomic E-state index is 12.6. The topological polar surface area (TPSA) is 75.7 Å². The number of rotatable bonds is 9. The van der Waals surface area contributed by atoms with E-state index in [1.807, 2.05) is 0 Å². The van der Waals surface area contributed by atoms with Gasteiger partial charge in [-0.2, -0.15) is 4.31 Å². The zero-order valence-electron chi connectivity index (χ0n) is 14.9. The lowest BCUT2D eigenvalue weighted by atomic mass is 9.99. The van der Waals surface area contributed by atoms with Crippen LogP contribution >= 0.6 is 11.3 Å². The van der Waals surface area contributed by atoms with Gasteiger partial charge in [-0.3, -0.25) is 4.79 Å². The lowest BCUT2D eigenvalue weighted by Gasteiger charge is -2.30. The summed E-state index contributed by atoms with van der Waals surface area (Å²) in [5, 5.41) is 4.66. The number of hydrogen-bond acceptors (Lipinski definition) is 5. The van der Waals surface area contributed by atoms with Crippen LogP contribution in [-0.2, 0) is 19.6 Å². The van der Waals surface area contributed by atoms with Gasteiger partial charge in [0, 0.05) is 32.8 Å². The van der Waals surface area contributed by atoms with Crippen LogP contribution in [0.2, 0.25) is 0 Å². The number of amides is 1. The molecule has 0 aromatic carbocycles. The molecular weight excluding hydrogens is 360 g/mol. The van der Waals surface area contributed by atoms with Gasteiger partial charge in [0.1, 0.15) is 4.21 Å². The molecule has 25 heavy (non-hydrogen) atoms. The number of nitrogens with one attached hydrogen (secondary N) is 1. The van der Waals surface area contributed by atoms with Crippen molar-refractivity contribution in [2.75, 3.05) is 32.8 Å². The smallest absolute Gasteiger partial charge is 0.252 e. The van der Waals surface area contributed by atoms with Gasteiger partial charge >= 0.3 is 0 Å². The Morgan fingerprint density at radius 1 is 1.48 bits per heavy atom. The number of piperidine rings is 1.